The van der Waals surface area contributed by atoms with Crippen LogP contribution in [0.4, 0.5) is 0 Å². The molecule has 0 saturated heterocycles. The average Bonchev–Trinajstić information content (AvgIpc) is 2.85. The number of hydrogen-bond acceptors (Lipinski definition) is 4. The van der Waals surface area contributed by atoms with E-state index in [1.165, 1.54) is 0 Å². The van der Waals surface area contributed by atoms with Crippen molar-refractivity contribution in [3.05, 3.63) is 35.4 Å². The maximum absolute atomic E-state index is 12.1. The SMILES string of the molecule is COCc1ccccc1C(=O)OCC1(O)CCCC1. The first kappa shape index (κ1) is 14.0. The third-order valence-electron chi connectivity index (χ3n) is 3.54. The van der Waals surface area contributed by atoms with Gasteiger partial charge in [-0.1, -0.05) is 31.0 Å². The van der Waals surface area contributed by atoms with Crippen LogP contribution in [0.25, 0.3) is 0 Å². The van der Waals surface area contributed by atoms with E-state index >= 15 is 0 Å². The molecule has 4 heteroatoms. The highest BCUT2D eigenvalue weighted by Gasteiger charge is 2.32. The van der Waals surface area contributed by atoms with Crippen molar-refractivity contribution in [3.63, 3.8) is 0 Å². The molecule has 1 N–H and O–H groups in total. The first-order chi connectivity index (χ1) is 9.14. The van der Waals surface area contributed by atoms with Crippen molar-refractivity contribution in [1.29, 1.82) is 0 Å². The fraction of sp³-hybridized carbons (Fsp3) is 0.533. The second-order valence-corrected chi connectivity index (χ2v) is 5.10. The number of ether oxygens (including phenoxy) is 2. The normalized spacial score (nSPS) is 17.4. The van der Waals surface area contributed by atoms with Crippen LogP contribution in [0.1, 0.15) is 41.6 Å². The number of esters is 1. The molecule has 1 aliphatic carbocycles. The van der Waals surface area contributed by atoms with Crippen LogP contribution < -0.4 is 0 Å². The molecule has 0 aromatic heterocycles. The number of aliphatic hydroxyl groups is 1. The van der Waals surface area contributed by atoms with Crippen LogP contribution in [0.2, 0.25) is 0 Å². The van der Waals surface area contributed by atoms with Gasteiger partial charge in [0.25, 0.3) is 0 Å². The average molecular weight is 264 g/mol. The number of rotatable bonds is 5. The van der Waals surface area contributed by atoms with Gasteiger partial charge in [-0.2, -0.15) is 0 Å². The maximum Gasteiger partial charge on any atom is 0.338 e. The van der Waals surface area contributed by atoms with E-state index < -0.39 is 11.6 Å². The van der Waals surface area contributed by atoms with Crippen LogP contribution in [-0.2, 0) is 16.1 Å². The van der Waals surface area contributed by atoms with E-state index in [0.29, 0.717) is 25.0 Å². The van der Waals surface area contributed by atoms with Gasteiger partial charge in [-0.3, -0.25) is 0 Å². The van der Waals surface area contributed by atoms with E-state index in [2.05, 4.69) is 0 Å². The Hall–Kier alpha value is -1.39. The molecule has 1 aromatic carbocycles. The van der Waals surface area contributed by atoms with E-state index in [4.69, 9.17) is 9.47 Å². The van der Waals surface area contributed by atoms with Crippen molar-refractivity contribution < 1.29 is 19.4 Å². The molecule has 0 radical (unpaired) electrons. The van der Waals surface area contributed by atoms with Gasteiger partial charge in [0, 0.05) is 7.11 Å². The summed E-state index contributed by atoms with van der Waals surface area (Å²) >= 11 is 0. The number of methoxy groups -OCH3 is 1. The van der Waals surface area contributed by atoms with Crippen molar-refractivity contribution in [2.45, 2.75) is 37.9 Å². The minimum Gasteiger partial charge on any atom is -0.459 e. The number of carbonyl (C=O) groups excluding carboxylic acids is 1. The maximum atomic E-state index is 12.1. The number of benzene rings is 1. The van der Waals surface area contributed by atoms with Gasteiger partial charge >= 0.3 is 5.97 Å². The molecule has 0 amide bonds. The summed E-state index contributed by atoms with van der Waals surface area (Å²) in [7, 11) is 1.59. The molecule has 0 aliphatic heterocycles. The minimum absolute atomic E-state index is 0.0765. The topological polar surface area (TPSA) is 55.8 Å². The van der Waals surface area contributed by atoms with E-state index in [-0.39, 0.29) is 6.61 Å². The fourth-order valence-corrected chi connectivity index (χ4v) is 2.46. The fourth-order valence-electron chi connectivity index (χ4n) is 2.46. The quantitative estimate of drug-likeness (QED) is 0.829. The molecule has 4 nitrogen and oxygen atoms in total. The molecule has 1 saturated carbocycles. The van der Waals surface area contributed by atoms with Crippen LogP contribution in [0.5, 0.6) is 0 Å². The van der Waals surface area contributed by atoms with E-state index in [1.54, 1.807) is 19.2 Å². The summed E-state index contributed by atoms with van der Waals surface area (Å²) in [5.41, 5.74) is 0.477. The molecule has 0 atom stereocenters. The van der Waals surface area contributed by atoms with Gasteiger partial charge in [-0.05, 0) is 24.5 Å². The van der Waals surface area contributed by atoms with Crippen LogP contribution in [0.3, 0.4) is 0 Å². The lowest BCUT2D eigenvalue weighted by molar-refractivity contribution is -0.0277. The molecule has 1 aromatic rings. The van der Waals surface area contributed by atoms with Crippen LogP contribution in [-0.4, -0.2) is 30.4 Å². The zero-order valence-corrected chi connectivity index (χ0v) is 11.2. The second-order valence-electron chi connectivity index (χ2n) is 5.10. The lowest BCUT2D eigenvalue weighted by Crippen LogP contribution is -2.32. The molecule has 19 heavy (non-hydrogen) atoms. The predicted molar refractivity (Wildman–Crippen MR) is 70.9 cm³/mol. The van der Waals surface area contributed by atoms with Crippen LogP contribution >= 0.6 is 0 Å². The minimum atomic E-state index is -0.828. The Morgan fingerprint density at radius 1 is 1.32 bits per heavy atom. The Morgan fingerprint density at radius 3 is 2.68 bits per heavy atom. The molecule has 1 fully saturated rings. The standard InChI is InChI=1S/C15H20O4/c1-18-10-12-6-2-3-7-13(12)14(16)19-11-15(17)8-4-5-9-15/h2-3,6-7,17H,4-5,8-11H2,1H3. The second kappa shape index (κ2) is 6.17. The van der Waals surface area contributed by atoms with Gasteiger partial charge in [-0.15, -0.1) is 0 Å². The number of carbonyl (C=O) groups is 1. The van der Waals surface area contributed by atoms with Crippen molar-refractivity contribution in [2.75, 3.05) is 13.7 Å². The molecule has 104 valence electrons. The monoisotopic (exact) mass is 264 g/mol. The lowest BCUT2D eigenvalue weighted by atomic mass is 10.0. The first-order valence-electron chi connectivity index (χ1n) is 6.61. The molecule has 1 aliphatic rings. The summed E-state index contributed by atoms with van der Waals surface area (Å²) in [6.07, 6.45) is 3.41. The molecular formula is C15H20O4. The van der Waals surface area contributed by atoms with Crippen LogP contribution in [0, 0.1) is 0 Å². The molecular weight excluding hydrogens is 244 g/mol. The Balaban J connectivity index is 1.99. The van der Waals surface area contributed by atoms with E-state index in [1.807, 2.05) is 12.1 Å². The Morgan fingerprint density at radius 2 is 2.00 bits per heavy atom. The summed E-state index contributed by atoms with van der Waals surface area (Å²) in [6, 6.07) is 7.20. The van der Waals surface area contributed by atoms with E-state index in [9.17, 15) is 9.90 Å². The molecule has 0 unspecified atom stereocenters. The van der Waals surface area contributed by atoms with Crippen molar-refractivity contribution in [1.82, 2.24) is 0 Å². The third-order valence-corrected chi connectivity index (χ3v) is 3.54. The van der Waals surface area contributed by atoms with E-state index in [0.717, 1.165) is 18.4 Å². The van der Waals surface area contributed by atoms with Gasteiger partial charge in [0.15, 0.2) is 0 Å². The third kappa shape index (κ3) is 3.55. The Kier molecular flexibility index (Phi) is 4.56. The summed E-state index contributed by atoms with van der Waals surface area (Å²) in [5.74, 6) is -0.395. The lowest BCUT2D eigenvalue weighted by Gasteiger charge is -2.21. The molecule has 0 heterocycles. The zero-order valence-electron chi connectivity index (χ0n) is 11.2. The van der Waals surface area contributed by atoms with Crippen LogP contribution in [0.15, 0.2) is 24.3 Å². The van der Waals surface area contributed by atoms with Gasteiger partial charge in [0.05, 0.1) is 17.8 Å². The smallest absolute Gasteiger partial charge is 0.338 e. The highest BCUT2D eigenvalue weighted by Crippen LogP contribution is 2.29. The largest absolute Gasteiger partial charge is 0.459 e. The van der Waals surface area contributed by atoms with Crippen molar-refractivity contribution >= 4 is 5.97 Å². The Labute approximate surface area is 113 Å². The highest BCUT2D eigenvalue weighted by atomic mass is 16.5. The highest BCUT2D eigenvalue weighted by molar-refractivity contribution is 5.91. The molecule has 0 bridgehead atoms. The summed E-state index contributed by atoms with van der Waals surface area (Å²) in [6.45, 7) is 0.447. The number of hydrogen-bond donors (Lipinski definition) is 1. The van der Waals surface area contributed by atoms with Crippen molar-refractivity contribution in [3.8, 4) is 0 Å². The summed E-state index contributed by atoms with van der Waals surface area (Å²) in [4.78, 5) is 12.1. The molecule has 2 rings (SSSR count). The van der Waals surface area contributed by atoms with Crippen molar-refractivity contribution in [2.24, 2.45) is 0 Å². The Bertz CT molecular complexity index is 436. The summed E-state index contributed by atoms with van der Waals surface area (Å²) in [5, 5.41) is 10.2. The molecule has 0 spiro atoms. The van der Waals surface area contributed by atoms with Gasteiger partial charge in [0.1, 0.15) is 6.61 Å². The zero-order chi connectivity index (χ0) is 13.7. The van der Waals surface area contributed by atoms with Gasteiger partial charge in [-0.25, -0.2) is 4.79 Å². The van der Waals surface area contributed by atoms with Gasteiger partial charge in [0.2, 0.25) is 0 Å². The summed E-state index contributed by atoms with van der Waals surface area (Å²) < 4.78 is 10.3. The van der Waals surface area contributed by atoms with Gasteiger partial charge < -0.3 is 14.6 Å². The first-order valence-corrected chi connectivity index (χ1v) is 6.61. The predicted octanol–water partition coefficient (Wildman–Crippen LogP) is 2.29.